The van der Waals surface area contributed by atoms with E-state index in [-0.39, 0.29) is 10.7 Å². The van der Waals surface area contributed by atoms with Crippen molar-refractivity contribution in [2.75, 3.05) is 33.9 Å². The highest BCUT2D eigenvalue weighted by atomic mass is 32.2. The van der Waals surface area contributed by atoms with E-state index in [1.54, 1.807) is 18.9 Å². The van der Waals surface area contributed by atoms with Crippen LogP contribution in [0.4, 0.5) is 0 Å². The van der Waals surface area contributed by atoms with E-state index < -0.39 is 6.04 Å². The van der Waals surface area contributed by atoms with E-state index in [0.717, 1.165) is 37.4 Å². The number of hydrogen-bond donors (Lipinski definition) is 1. The van der Waals surface area contributed by atoms with E-state index in [4.69, 9.17) is 15.2 Å². The molecule has 1 aliphatic heterocycles. The number of methoxy groups -OCH3 is 1. The number of rotatable bonds is 7. The molecule has 1 unspecified atom stereocenters. The maximum atomic E-state index is 12.2. The summed E-state index contributed by atoms with van der Waals surface area (Å²) in [6.07, 6.45) is 1.79. The van der Waals surface area contributed by atoms with E-state index in [0.29, 0.717) is 6.61 Å². The number of thioether (sulfide) groups is 1. The Hall–Kier alpha value is -1.24. The number of benzene rings is 1. The molecule has 1 fully saturated rings. The molecule has 5 nitrogen and oxygen atoms in total. The lowest BCUT2D eigenvalue weighted by Gasteiger charge is -2.43. The van der Waals surface area contributed by atoms with E-state index in [9.17, 15) is 4.79 Å². The Kier molecular flexibility index (Phi) is 6.95. The molecular formula is C18H28N2O3S. The quantitative estimate of drug-likeness (QED) is 0.760. The van der Waals surface area contributed by atoms with Gasteiger partial charge in [-0.05, 0) is 57.6 Å². The summed E-state index contributed by atoms with van der Waals surface area (Å²) in [7, 11) is 3.77. The van der Waals surface area contributed by atoms with Gasteiger partial charge in [0.2, 0.25) is 0 Å². The zero-order chi connectivity index (χ0) is 17.6. The van der Waals surface area contributed by atoms with Crippen LogP contribution in [0.1, 0.15) is 25.3 Å². The van der Waals surface area contributed by atoms with Gasteiger partial charge in [0, 0.05) is 10.5 Å². The molecule has 0 saturated carbocycles. The normalized spacial score (nSPS) is 18.8. The van der Waals surface area contributed by atoms with Gasteiger partial charge in [-0.1, -0.05) is 12.1 Å². The highest BCUT2D eigenvalue weighted by molar-refractivity contribution is 8.00. The molecule has 0 aromatic heterocycles. The zero-order valence-electron chi connectivity index (χ0n) is 14.8. The predicted octanol–water partition coefficient (Wildman–Crippen LogP) is 2.28. The van der Waals surface area contributed by atoms with Crippen molar-refractivity contribution in [3.63, 3.8) is 0 Å². The van der Waals surface area contributed by atoms with Crippen LogP contribution in [0.5, 0.6) is 5.75 Å². The van der Waals surface area contributed by atoms with E-state index in [1.165, 1.54) is 5.56 Å². The second kappa shape index (κ2) is 8.74. The second-order valence-corrected chi connectivity index (χ2v) is 7.62. The number of nitrogens with zero attached hydrogens (tertiary/aromatic N) is 1. The maximum Gasteiger partial charge on any atom is 0.324 e. The minimum Gasteiger partial charge on any atom is -0.497 e. The number of nitrogens with two attached hydrogens (primary N) is 1. The van der Waals surface area contributed by atoms with Gasteiger partial charge < -0.3 is 20.1 Å². The van der Waals surface area contributed by atoms with E-state index >= 15 is 0 Å². The SMILES string of the molecule is CCOC(=O)C(N)C1(SCc2ccc(OC)cc2)CCN(C)CC1. The smallest absolute Gasteiger partial charge is 0.324 e. The van der Waals surface area contributed by atoms with Gasteiger partial charge in [0.05, 0.1) is 13.7 Å². The van der Waals surface area contributed by atoms with Crippen molar-refractivity contribution in [3.05, 3.63) is 29.8 Å². The Morgan fingerprint density at radius 3 is 2.50 bits per heavy atom. The largest absolute Gasteiger partial charge is 0.497 e. The Balaban J connectivity index is 2.09. The van der Waals surface area contributed by atoms with Crippen LogP contribution < -0.4 is 10.5 Å². The fraction of sp³-hybridized carbons (Fsp3) is 0.611. The van der Waals surface area contributed by atoms with Gasteiger partial charge in [0.1, 0.15) is 11.8 Å². The van der Waals surface area contributed by atoms with Crippen molar-refractivity contribution < 1.29 is 14.3 Å². The van der Waals surface area contributed by atoms with E-state index in [1.807, 2.05) is 19.1 Å². The summed E-state index contributed by atoms with van der Waals surface area (Å²) in [4.78, 5) is 14.5. The molecule has 24 heavy (non-hydrogen) atoms. The second-order valence-electron chi connectivity index (χ2n) is 6.23. The molecule has 0 bridgehead atoms. The molecule has 0 amide bonds. The van der Waals surface area contributed by atoms with Gasteiger partial charge in [-0.25, -0.2) is 0 Å². The first-order valence-electron chi connectivity index (χ1n) is 8.38. The molecule has 1 aromatic carbocycles. The minimum atomic E-state index is -0.589. The van der Waals surface area contributed by atoms with Crippen LogP contribution >= 0.6 is 11.8 Å². The number of likely N-dealkylation sites (tertiary alicyclic amines) is 1. The average molecular weight is 353 g/mol. The molecule has 0 aliphatic carbocycles. The summed E-state index contributed by atoms with van der Waals surface area (Å²) in [5.41, 5.74) is 7.54. The van der Waals surface area contributed by atoms with Crippen LogP contribution in [0.15, 0.2) is 24.3 Å². The van der Waals surface area contributed by atoms with Crippen LogP contribution in [-0.2, 0) is 15.3 Å². The van der Waals surface area contributed by atoms with Crippen molar-refractivity contribution in [1.82, 2.24) is 4.90 Å². The lowest BCUT2D eigenvalue weighted by molar-refractivity contribution is -0.145. The molecule has 1 aromatic rings. The molecule has 1 aliphatic rings. The van der Waals surface area contributed by atoms with Gasteiger partial charge in [0.25, 0.3) is 0 Å². The standard InChI is InChI=1S/C18H28N2O3S/c1-4-23-17(21)16(19)18(9-11-20(2)12-10-18)24-13-14-5-7-15(22-3)8-6-14/h5-8,16H,4,9-13,19H2,1-3H3. The fourth-order valence-corrected chi connectivity index (χ4v) is 4.33. The fourth-order valence-electron chi connectivity index (χ4n) is 2.94. The van der Waals surface area contributed by atoms with Crippen LogP contribution in [-0.4, -0.2) is 55.5 Å². The van der Waals surface area contributed by atoms with Crippen molar-refractivity contribution in [2.24, 2.45) is 5.73 Å². The first kappa shape index (κ1) is 19.1. The third kappa shape index (κ3) is 4.65. The molecule has 2 N–H and O–H groups in total. The molecule has 0 spiro atoms. The topological polar surface area (TPSA) is 64.8 Å². The Bertz CT molecular complexity index is 528. The van der Waals surface area contributed by atoms with Crippen LogP contribution in [0.25, 0.3) is 0 Å². The van der Waals surface area contributed by atoms with Crippen molar-refractivity contribution in [1.29, 1.82) is 0 Å². The lowest BCUT2D eigenvalue weighted by atomic mass is 9.89. The number of carbonyl (C=O) groups excluding carboxylic acids is 1. The zero-order valence-corrected chi connectivity index (χ0v) is 15.6. The number of piperidine rings is 1. The van der Waals surface area contributed by atoms with Gasteiger partial charge in [0.15, 0.2) is 0 Å². The van der Waals surface area contributed by atoms with Crippen LogP contribution in [0.3, 0.4) is 0 Å². The first-order valence-corrected chi connectivity index (χ1v) is 9.37. The third-order valence-electron chi connectivity index (χ3n) is 4.63. The summed E-state index contributed by atoms with van der Waals surface area (Å²) in [5, 5.41) is 0. The Morgan fingerprint density at radius 1 is 1.33 bits per heavy atom. The minimum absolute atomic E-state index is 0.265. The molecule has 1 heterocycles. The molecule has 6 heteroatoms. The van der Waals surface area contributed by atoms with Gasteiger partial charge in [-0.15, -0.1) is 11.8 Å². The Labute approximate surface area is 148 Å². The summed E-state index contributed by atoms with van der Waals surface area (Å²) in [5.74, 6) is 1.38. The van der Waals surface area contributed by atoms with Crippen LogP contribution in [0.2, 0.25) is 0 Å². The molecule has 2 rings (SSSR count). The number of ether oxygens (including phenoxy) is 2. The molecule has 1 saturated heterocycles. The summed E-state index contributed by atoms with van der Waals surface area (Å²) in [6.45, 7) is 4.08. The summed E-state index contributed by atoms with van der Waals surface area (Å²) >= 11 is 1.78. The van der Waals surface area contributed by atoms with Gasteiger partial charge in [-0.3, -0.25) is 4.79 Å². The summed E-state index contributed by atoms with van der Waals surface area (Å²) in [6, 6.07) is 7.45. The summed E-state index contributed by atoms with van der Waals surface area (Å²) < 4.78 is 10.1. The maximum absolute atomic E-state index is 12.2. The first-order chi connectivity index (χ1) is 11.5. The van der Waals surface area contributed by atoms with Crippen molar-refractivity contribution in [2.45, 2.75) is 36.3 Å². The van der Waals surface area contributed by atoms with Crippen LogP contribution in [0, 0.1) is 0 Å². The highest BCUT2D eigenvalue weighted by Crippen LogP contribution is 2.40. The van der Waals surface area contributed by atoms with Crippen molar-refractivity contribution in [3.8, 4) is 5.75 Å². The van der Waals surface area contributed by atoms with Gasteiger partial charge in [-0.2, -0.15) is 0 Å². The predicted molar refractivity (Wildman–Crippen MR) is 98.4 cm³/mol. The lowest BCUT2D eigenvalue weighted by Crippen LogP contribution is -2.56. The number of hydrogen-bond acceptors (Lipinski definition) is 6. The highest BCUT2D eigenvalue weighted by Gasteiger charge is 2.43. The third-order valence-corrected chi connectivity index (χ3v) is 6.34. The molecular weight excluding hydrogens is 324 g/mol. The monoisotopic (exact) mass is 352 g/mol. The molecule has 134 valence electrons. The average Bonchev–Trinajstić information content (AvgIpc) is 2.61. The molecule has 0 radical (unpaired) electrons. The van der Waals surface area contributed by atoms with E-state index in [2.05, 4.69) is 24.1 Å². The van der Waals surface area contributed by atoms with Crippen molar-refractivity contribution >= 4 is 17.7 Å². The van der Waals surface area contributed by atoms with Gasteiger partial charge >= 0.3 is 5.97 Å². The Morgan fingerprint density at radius 2 is 1.96 bits per heavy atom. The number of carbonyl (C=O) groups is 1. The number of esters is 1. The molecule has 1 atom stereocenters.